The number of methoxy groups -OCH3 is 2. The zero-order chi connectivity index (χ0) is 18.8. The molecule has 1 heterocycles. The fraction of sp³-hybridized carbons (Fsp3) is 0.368. The minimum Gasteiger partial charge on any atom is -0.497 e. The summed E-state index contributed by atoms with van der Waals surface area (Å²) in [4.78, 5) is 18.0. The molecule has 0 saturated carbocycles. The van der Waals surface area contributed by atoms with Crippen molar-refractivity contribution in [3.8, 4) is 11.6 Å². The molecule has 0 saturated heterocycles. The lowest BCUT2D eigenvalue weighted by Gasteiger charge is -2.18. The molecule has 0 spiro atoms. The van der Waals surface area contributed by atoms with Crippen molar-refractivity contribution >= 4 is 6.03 Å². The van der Waals surface area contributed by atoms with Crippen molar-refractivity contribution in [2.24, 2.45) is 0 Å². The van der Waals surface area contributed by atoms with E-state index in [0.29, 0.717) is 32.2 Å². The topological polar surface area (TPSA) is 72.9 Å². The number of pyridine rings is 1. The number of carbonyl (C=O) groups excluding carboxylic acids is 1. The summed E-state index contributed by atoms with van der Waals surface area (Å²) in [6.07, 6.45) is 1.69. The van der Waals surface area contributed by atoms with E-state index in [1.165, 1.54) is 0 Å². The standard InChI is InChI=1S/C19H25N3O4/c1-22(14-15-4-7-17(25-3)8-5-15)19(23)21-13-16-6-9-18(20-12-16)26-11-10-24-2/h4-9,12H,10-11,13-14H2,1-3H3,(H,21,23). The second kappa shape index (κ2) is 10.2. The van der Waals surface area contributed by atoms with E-state index >= 15 is 0 Å². The highest BCUT2D eigenvalue weighted by molar-refractivity contribution is 5.73. The molecule has 7 heteroatoms. The molecule has 0 aliphatic rings. The first-order valence-electron chi connectivity index (χ1n) is 8.31. The average Bonchev–Trinajstić information content (AvgIpc) is 2.68. The predicted octanol–water partition coefficient (Wildman–Crippen LogP) is 2.46. The normalized spacial score (nSPS) is 10.3. The molecule has 7 nitrogen and oxygen atoms in total. The number of carbonyl (C=O) groups is 1. The fourth-order valence-electron chi connectivity index (χ4n) is 2.22. The number of amides is 2. The van der Waals surface area contributed by atoms with Gasteiger partial charge in [-0.1, -0.05) is 18.2 Å². The summed E-state index contributed by atoms with van der Waals surface area (Å²) >= 11 is 0. The van der Waals surface area contributed by atoms with Gasteiger partial charge in [0.2, 0.25) is 5.88 Å². The van der Waals surface area contributed by atoms with Crippen LogP contribution in [0.2, 0.25) is 0 Å². The van der Waals surface area contributed by atoms with Gasteiger partial charge in [-0.05, 0) is 23.3 Å². The van der Waals surface area contributed by atoms with Crippen molar-refractivity contribution in [1.82, 2.24) is 15.2 Å². The Morgan fingerprint density at radius 2 is 1.81 bits per heavy atom. The number of nitrogens with one attached hydrogen (secondary N) is 1. The molecule has 2 rings (SSSR count). The number of nitrogens with zero attached hydrogens (tertiary/aromatic N) is 2. The lowest BCUT2D eigenvalue weighted by atomic mass is 10.2. The molecule has 0 bridgehead atoms. The Morgan fingerprint density at radius 1 is 1.08 bits per heavy atom. The molecule has 0 aliphatic carbocycles. The maximum absolute atomic E-state index is 12.2. The first-order chi connectivity index (χ1) is 12.6. The van der Waals surface area contributed by atoms with Crippen LogP contribution in [0.4, 0.5) is 4.79 Å². The van der Waals surface area contributed by atoms with Crippen molar-refractivity contribution in [2.45, 2.75) is 13.1 Å². The van der Waals surface area contributed by atoms with Crippen molar-refractivity contribution in [1.29, 1.82) is 0 Å². The molecule has 2 aromatic rings. The van der Waals surface area contributed by atoms with Crippen LogP contribution in [0.3, 0.4) is 0 Å². The molecule has 0 atom stereocenters. The highest BCUT2D eigenvalue weighted by atomic mass is 16.5. The summed E-state index contributed by atoms with van der Waals surface area (Å²) in [6.45, 7) is 1.88. The molecule has 140 valence electrons. The lowest BCUT2D eigenvalue weighted by molar-refractivity contribution is 0.143. The van der Waals surface area contributed by atoms with E-state index in [1.54, 1.807) is 38.4 Å². The highest BCUT2D eigenvalue weighted by Crippen LogP contribution is 2.12. The van der Waals surface area contributed by atoms with Crippen LogP contribution in [0.5, 0.6) is 11.6 Å². The van der Waals surface area contributed by atoms with Gasteiger partial charge in [0.1, 0.15) is 12.4 Å². The van der Waals surface area contributed by atoms with E-state index < -0.39 is 0 Å². The third kappa shape index (κ3) is 6.25. The van der Waals surface area contributed by atoms with Gasteiger partial charge < -0.3 is 24.4 Å². The van der Waals surface area contributed by atoms with Crippen LogP contribution in [-0.4, -0.2) is 50.4 Å². The molecular formula is C19H25N3O4. The van der Waals surface area contributed by atoms with E-state index in [9.17, 15) is 4.79 Å². The van der Waals surface area contributed by atoms with Crippen LogP contribution >= 0.6 is 0 Å². The molecule has 1 aromatic carbocycles. The van der Waals surface area contributed by atoms with Crippen LogP contribution in [0.25, 0.3) is 0 Å². The number of ether oxygens (including phenoxy) is 3. The molecule has 0 aliphatic heterocycles. The second-order valence-corrected chi connectivity index (χ2v) is 5.71. The summed E-state index contributed by atoms with van der Waals surface area (Å²) in [5.41, 5.74) is 1.93. The Kier molecular flexibility index (Phi) is 7.70. The zero-order valence-corrected chi connectivity index (χ0v) is 15.4. The van der Waals surface area contributed by atoms with Gasteiger partial charge in [0.05, 0.1) is 13.7 Å². The van der Waals surface area contributed by atoms with Gasteiger partial charge in [-0.2, -0.15) is 0 Å². The molecular weight excluding hydrogens is 334 g/mol. The van der Waals surface area contributed by atoms with E-state index in [4.69, 9.17) is 14.2 Å². The largest absolute Gasteiger partial charge is 0.497 e. The van der Waals surface area contributed by atoms with Crippen LogP contribution in [-0.2, 0) is 17.8 Å². The molecule has 2 amide bonds. The maximum Gasteiger partial charge on any atom is 0.317 e. The Labute approximate surface area is 153 Å². The fourth-order valence-corrected chi connectivity index (χ4v) is 2.22. The van der Waals surface area contributed by atoms with Crippen LogP contribution < -0.4 is 14.8 Å². The number of hydrogen-bond donors (Lipinski definition) is 1. The predicted molar refractivity (Wildman–Crippen MR) is 98.3 cm³/mol. The van der Waals surface area contributed by atoms with Gasteiger partial charge in [0.25, 0.3) is 0 Å². The van der Waals surface area contributed by atoms with Crippen LogP contribution in [0.1, 0.15) is 11.1 Å². The summed E-state index contributed by atoms with van der Waals surface area (Å²) < 4.78 is 15.5. The Hall–Kier alpha value is -2.80. The average molecular weight is 359 g/mol. The van der Waals surface area contributed by atoms with Crippen molar-refractivity contribution < 1.29 is 19.0 Å². The van der Waals surface area contributed by atoms with Gasteiger partial charge in [0, 0.05) is 39.5 Å². The third-order valence-electron chi connectivity index (χ3n) is 3.70. The third-order valence-corrected chi connectivity index (χ3v) is 3.70. The first kappa shape index (κ1) is 19.5. The molecule has 1 N–H and O–H groups in total. The quantitative estimate of drug-likeness (QED) is 0.696. The lowest BCUT2D eigenvalue weighted by Crippen LogP contribution is -2.36. The van der Waals surface area contributed by atoms with Gasteiger partial charge >= 0.3 is 6.03 Å². The SMILES string of the molecule is COCCOc1ccc(CNC(=O)N(C)Cc2ccc(OC)cc2)cn1. The highest BCUT2D eigenvalue weighted by Gasteiger charge is 2.09. The molecule has 0 unspecified atom stereocenters. The number of aromatic nitrogens is 1. The van der Waals surface area contributed by atoms with Crippen molar-refractivity contribution in [2.75, 3.05) is 34.5 Å². The second-order valence-electron chi connectivity index (χ2n) is 5.71. The van der Waals surface area contributed by atoms with E-state index in [-0.39, 0.29) is 6.03 Å². The first-order valence-corrected chi connectivity index (χ1v) is 8.31. The van der Waals surface area contributed by atoms with E-state index in [2.05, 4.69) is 10.3 Å². The van der Waals surface area contributed by atoms with Gasteiger partial charge in [-0.15, -0.1) is 0 Å². The number of rotatable bonds is 9. The molecule has 1 aromatic heterocycles. The molecule has 0 fully saturated rings. The number of urea groups is 1. The van der Waals surface area contributed by atoms with Crippen LogP contribution in [0.15, 0.2) is 42.6 Å². The van der Waals surface area contributed by atoms with Crippen molar-refractivity contribution in [3.05, 3.63) is 53.7 Å². The minimum absolute atomic E-state index is 0.152. The summed E-state index contributed by atoms with van der Waals surface area (Å²) in [6, 6.07) is 11.1. The summed E-state index contributed by atoms with van der Waals surface area (Å²) in [5, 5.41) is 2.87. The van der Waals surface area contributed by atoms with Gasteiger partial charge in [-0.3, -0.25) is 0 Å². The van der Waals surface area contributed by atoms with E-state index in [0.717, 1.165) is 16.9 Å². The summed E-state index contributed by atoms with van der Waals surface area (Å²) in [7, 11) is 5.00. The van der Waals surface area contributed by atoms with Gasteiger partial charge in [-0.25, -0.2) is 9.78 Å². The maximum atomic E-state index is 12.2. The number of benzene rings is 1. The summed E-state index contributed by atoms with van der Waals surface area (Å²) in [5.74, 6) is 1.33. The van der Waals surface area contributed by atoms with Gasteiger partial charge in [0.15, 0.2) is 0 Å². The molecule has 0 radical (unpaired) electrons. The van der Waals surface area contributed by atoms with E-state index in [1.807, 2.05) is 30.3 Å². The van der Waals surface area contributed by atoms with Crippen molar-refractivity contribution in [3.63, 3.8) is 0 Å². The Bertz CT molecular complexity index is 674. The smallest absolute Gasteiger partial charge is 0.317 e. The Balaban J connectivity index is 1.77. The molecule has 26 heavy (non-hydrogen) atoms. The van der Waals surface area contributed by atoms with Crippen LogP contribution in [0, 0.1) is 0 Å². The monoisotopic (exact) mass is 359 g/mol. The zero-order valence-electron chi connectivity index (χ0n) is 15.4. The minimum atomic E-state index is -0.152. The number of hydrogen-bond acceptors (Lipinski definition) is 5. The Morgan fingerprint density at radius 3 is 2.42 bits per heavy atom.